The van der Waals surface area contributed by atoms with Gasteiger partial charge in [-0.05, 0) is 65.5 Å². The Morgan fingerprint density at radius 3 is 2.20 bits per heavy atom. The monoisotopic (exact) mass is 458 g/mol. The normalized spacial score (nSPS) is 19.2. The molecule has 1 atom stereocenters. The lowest BCUT2D eigenvalue weighted by atomic mass is 9.74. The minimum atomic E-state index is -0.730. The zero-order valence-electron chi connectivity index (χ0n) is 19.1. The first-order chi connectivity index (χ1) is 13.6. The van der Waals surface area contributed by atoms with Crippen molar-refractivity contribution in [2.75, 3.05) is 13.2 Å². The highest BCUT2D eigenvalue weighted by molar-refractivity contribution is 6.45. The molecule has 0 aromatic heterocycles. The fourth-order valence-electron chi connectivity index (χ4n) is 3.41. The van der Waals surface area contributed by atoms with Crippen molar-refractivity contribution in [3.05, 3.63) is 27.2 Å². The van der Waals surface area contributed by atoms with Crippen molar-refractivity contribution in [1.29, 1.82) is 0 Å². The summed E-state index contributed by atoms with van der Waals surface area (Å²) in [7, 11) is 0. The first-order valence-corrected chi connectivity index (χ1v) is 10.9. The van der Waals surface area contributed by atoms with Crippen LogP contribution in [0.15, 0.2) is 6.07 Å². The summed E-state index contributed by atoms with van der Waals surface area (Å²) in [6.07, 6.45) is 0.467. The molecule has 1 unspecified atom stereocenters. The highest BCUT2D eigenvalue weighted by atomic mass is 35.5. The fraction of sp³-hybridized carbons (Fsp3) is 0.652. The van der Waals surface area contributed by atoms with Crippen molar-refractivity contribution in [2.45, 2.75) is 73.0 Å². The molecule has 0 saturated carbocycles. The molecule has 1 aliphatic rings. The number of esters is 1. The second-order valence-corrected chi connectivity index (χ2v) is 10.9. The second kappa shape index (κ2) is 8.68. The first kappa shape index (κ1) is 25.0. The Morgan fingerprint density at radius 2 is 1.70 bits per heavy atom. The Kier molecular flexibility index (Phi) is 7.22. The standard InChI is InChI=1S/C23H32Cl2O5/c1-13(2)23(12-29-21(3,4)5)10-14-9-15(18(24)19(25)17(14)20(23)27)28-11-16(26)30-22(6,7)8/h9,13H,10-12H2,1-8H3. The Balaban J connectivity index is 2.33. The number of ketones is 1. The van der Waals surface area contributed by atoms with Crippen molar-refractivity contribution >= 4 is 35.0 Å². The zero-order valence-corrected chi connectivity index (χ0v) is 20.6. The van der Waals surface area contributed by atoms with Crippen LogP contribution in [0, 0.1) is 11.3 Å². The maximum absolute atomic E-state index is 13.4. The van der Waals surface area contributed by atoms with E-state index in [4.69, 9.17) is 37.4 Å². The molecule has 0 radical (unpaired) electrons. The van der Waals surface area contributed by atoms with E-state index in [2.05, 4.69) is 0 Å². The number of carbonyl (C=O) groups is 2. The van der Waals surface area contributed by atoms with Crippen molar-refractivity contribution in [1.82, 2.24) is 0 Å². The van der Waals surface area contributed by atoms with Gasteiger partial charge in [0.1, 0.15) is 16.4 Å². The van der Waals surface area contributed by atoms with Gasteiger partial charge in [0.25, 0.3) is 0 Å². The predicted octanol–water partition coefficient (Wildman–Crippen LogP) is 5.91. The van der Waals surface area contributed by atoms with Gasteiger partial charge in [0, 0.05) is 5.56 Å². The molecule has 30 heavy (non-hydrogen) atoms. The molecule has 0 aliphatic heterocycles. The van der Waals surface area contributed by atoms with Crippen LogP contribution in [0.2, 0.25) is 10.0 Å². The van der Waals surface area contributed by atoms with Crippen LogP contribution in [0.5, 0.6) is 5.75 Å². The molecule has 0 bridgehead atoms. The van der Waals surface area contributed by atoms with Crippen LogP contribution in [0.25, 0.3) is 0 Å². The van der Waals surface area contributed by atoms with Crippen LogP contribution in [0.3, 0.4) is 0 Å². The highest BCUT2D eigenvalue weighted by Gasteiger charge is 2.50. The largest absolute Gasteiger partial charge is 0.480 e. The zero-order chi connectivity index (χ0) is 23.1. The molecule has 1 aromatic carbocycles. The highest BCUT2D eigenvalue weighted by Crippen LogP contribution is 2.49. The Hall–Kier alpha value is -1.30. The van der Waals surface area contributed by atoms with E-state index in [0.29, 0.717) is 12.0 Å². The average Bonchev–Trinajstić information content (AvgIpc) is 2.86. The van der Waals surface area contributed by atoms with E-state index in [0.717, 1.165) is 5.56 Å². The topological polar surface area (TPSA) is 61.8 Å². The molecule has 0 spiro atoms. The first-order valence-electron chi connectivity index (χ1n) is 10.1. The fourth-order valence-corrected chi connectivity index (χ4v) is 3.92. The lowest BCUT2D eigenvalue weighted by Crippen LogP contribution is -2.41. The van der Waals surface area contributed by atoms with E-state index in [-0.39, 0.29) is 46.3 Å². The Morgan fingerprint density at radius 1 is 1.10 bits per heavy atom. The SMILES string of the molecule is CC(C)C1(COC(C)(C)C)Cc2cc(OCC(=O)OC(C)(C)C)c(Cl)c(Cl)c2C1=O. The Labute approximate surface area is 189 Å². The number of fused-ring (bicyclic) bond motifs is 1. The van der Waals surface area contributed by atoms with Crippen LogP contribution in [-0.2, 0) is 20.7 Å². The van der Waals surface area contributed by atoms with Crippen molar-refractivity contribution in [3.63, 3.8) is 0 Å². The summed E-state index contributed by atoms with van der Waals surface area (Å²) in [6.45, 7) is 15.2. The van der Waals surface area contributed by atoms with E-state index in [1.165, 1.54) is 0 Å². The second-order valence-electron chi connectivity index (χ2n) is 10.1. The predicted molar refractivity (Wildman–Crippen MR) is 119 cm³/mol. The minimum Gasteiger partial charge on any atom is -0.480 e. The Bertz CT molecular complexity index is 833. The molecular formula is C23H32Cl2O5. The van der Waals surface area contributed by atoms with Gasteiger partial charge in [0.15, 0.2) is 12.4 Å². The van der Waals surface area contributed by atoms with Crippen LogP contribution in [-0.4, -0.2) is 36.2 Å². The molecule has 0 fully saturated rings. The van der Waals surface area contributed by atoms with E-state index in [1.807, 2.05) is 34.6 Å². The van der Waals surface area contributed by atoms with Gasteiger partial charge in [-0.1, -0.05) is 37.0 Å². The molecular weight excluding hydrogens is 427 g/mol. The van der Waals surface area contributed by atoms with Gasteiger partial charge >= 0.3 is 5.97 Å². The average molecular weight is 459 g/mol. The smallest absolute Gasteiger partial charge is 0.344 e. The lowest BCUT2D eigenvalue weighted by Gasteiger charge is -2.34. The summed E-state index contributed by atoms with van der Waals surface area (Å²) in [5, 5.41) is 0.264. The van der Waals surface area contributed by atoms with E-state index in [1.54, 1.807) is 26.8 Å². The maximum atomic E-state index is 13.4. The van der Waals surface area contributed by atoms with Crippen LogP contribution in [0.4, 0.5) is 0 Å². The molecule has 7 heteroatoms. The molecule has 1 aliphatic carbocycles. The van der Waals surface area contributed by atoms with Crippen molar-refractivity contribution in [2.24, 2.45) is 11.3 Å². The van der Waals surface area contributed by atoms with Crippen LogP contribution >= 0.6 is 23.2 Å². The van der Waals surface area contributed by atoms with Crippen LogP contribution < -0.4 is 4.74 Å². The van der Waals surface area contributed by atoms with Gasteiger partial charge in [-0.3, -0.25) is 4.79 Å². The van der Waals surface area contributed by atoms with Gasteiger partial charge < -0.3 is 14.2 Å². The quantitative estimate of drug-likeness (QED) is 0.495. The van der Waals surface area contributed by atoms with Gasteiger partial charge in [-0.25, -0.2) is 4.79 Å². The molecule has 5 nitrogen and oxygen atoms in total. The lowest BCUT2D eigenvalue weighted by molar-refractivity contribution is -0.157. The van der Waals surface area contributed by atoms with E-state index in [9.17, 15) is 9.59 Å². The molecule has 2 rings (SSSR count). The van der Waals surface area contributed by atoms with Gasteiger partial charge in [-0.15, -0.1) is 0 Å². The minimum absolute atomic E-state index is 0.0284. The molecule has 0 heterocycles. The number of rotatable bonds is 6. The summed E-state index contributed by atoms with van der Waals surface area (Å²) >= 11 is 12.9. The third-order valence-electron chi connectivity index (χ3n) is 5.07. The van der Waals surface area contributed by atoms with Crippen molar-refractivity contribution in [3.8, 4) is 5.75 Å². The number of halogens is 2. The molecule has 1 aromatic rings. The van der Waals surface area contributed by atoms with Gasteiger partial charge in [-0.2, -0.15) is 0 Å². The molecule has 0 saturated heterocycles. The summed E-state index contributed by atoms with van der Waals surface area (Å²) in [5.41, 5.74) is -0.555. The summed E-state index contributed by atoms with van der Waals surface area (Å²) in [4.78, 5) is 25.4. The van der Waals surface area contributed by atoms with E-state index >= 15 is 0 Å². The number of benzene rings is 1. The third kappa shape index (κ3) is 5.49. The number of ether oxygens (including phenoxy) is 3. The number of carbonyl (C=O) groups excluding carboxylic acids is 2. The summed E-state index contributed by atoms with van der Waals surface area (Å²) in [6, 6.07) is 1.70. The number of hydrogen-bond donors (Lipinski definition) is 0. The van der Waals surface area contributed by atoms with Gasteiger partial charge in [0.2, 0.25) is 0 Å². The summed E-state index contributed by atoms with van der Waals surface area (Å²) < 4.78 is 16.9. The number of hydrogen-bond acceptors (Lipinski definition) is 5. The molecule has 168 valence electrons. The van der Waals surface area contributed by atoms with Crippen LogP contribution in [0.1, 0.15) is 71.3 Å². The third-order valence-corrected chi connectivity index (χ3v) is 5.92. The molecule has 0 N–H and O–H groups in total. The number of Topliss-reactive ketones (excluding diaryl/α,β-unsaturated/α-hetero) is 1. The van der Waals surface area contributed by atoms with Gasteiger partial charge in [0.05, 0.1) is 22.6 Å². The molecule has 0 amide bonds. The van der Waals surface area contributed by atoms with Crippen molar-refractivity contribution < 1.29 is 23.8 Å². The van der Waals surface area contributed by atoms with E-state index < -0.39 is 17.0 Å². The summed E-state index contributed by atoms with van der Waals surface area (Å²) in [5.74, 6) is -0.292. The maximum Gasteiger partial charge on any atom is 0.344 e.